The molecule has 6 aromatic rings. The molecule has 0 radical (unpaired) electrons. The number of H-pyrrole nitrogens is 1. The van der Waals surface area contributed by atoms with Crippen LogP contribution in [-0.4, -0.2) is 40.3 Å². The molecule has 2 aromatic carbocycles. The van der Waals surface area contributed by atoms with Gasteiger partial charge in [-0.25, -0.2) is 14.5 Å². The molecule has 1 amide bonds. The van der Waals surface area contributed by atoms with Crippen molar-refractivity contribution in [2.75, 3.05) is 0 Å². The number of para-hydroxylation sites is 1. The maximum atomic E-state index is 14.1. The van der Waals surface area contributed by atoms with Crippen LogP contribution in [0.4, 0.5) is 0 Å². The summed E-state index contributed by atoms with van der Waals surface area (Å²) in [5, 5.41) is 14.5. The van der Waals surface area contributed by atoms with Crippen molar-refractivity contribution >= 4 is 22.5 Å². The maximum Gasteiger partial charge on any atom is 0.267 e. The van der Waals surface area contributed by atoms with Crippen LogP contribution in [-0.2, 0) is 0 Å². The number of carbonyl (C=O) groups is 1. The Labute approximate surface area is 222 Å². The maximum absolute atomic E-state index is 14.1. The molecule has 0 bridgehead atoms. The summed E-state index contributed by atoms with van der Waals surface area (Å²) in [5.41, 5.74) is 3.36. The monoisotopic (exact) mass is 514 g/mol. The zero-order chi connectivity index (χ0) is 26.9. The van der Waals surface area contributed by atoms with E-state index >= 15 is 0 Å². The molecule has 190 valence electrons. The lowest BCUT2D eigenvalue weighted by molar-refractivity contribution is 0.0938. The quantitative estimate of drug-likeness (QED) is 0.348. The Morgan fingerprint density at radius 3 is 2.67 bits per heavy atom. The van der Waals surface area contributed by atoms with Gasteiger partial charge in [-0.15, -0.1) is 0 Å². The average Bonchev–Trinajstić information content (AvgIpc) is 3.59. The molecular formula is C29H22N8O2. The van der Waals surface area contributed by atoms with E-state index in [1.165, 1.54) is 4.57 Å². The van der Waals surface area contributed by atoms with Crippen LogP contribution in [0.25, 0.3) is 22.2 Å². The fourth-order valence-corrected chi connectivity index (χ4v) is 4.52. The first-order chi connectivity index (χ1) is 19.0. The predicted molar refractivity (Wildman–Crippen MR) is 146 cm³/mol. The number of amides is 1. The summed E-state index contributed by atoms with van der Waals surface area (Å²) in [7, 11) is 0. The molecule has 6 rings (SSSR count). The SMILES string of the molecule is Cc1nn2cccnc2c1C(=O)N[C@@H](C)c1nc2cccc(C#Cc3ccn[nH]3)c2c(=O)n1-c1ccccc1. The molecule has 0 spiro atoms. The third-order valence-corrected chi connectivity index (χ3v) is 6.30. The first kappa shape index (κ1) is 23.8. The summed E-state index contributed by atoms with van der Waals surface area (Å²) in [6, 6.07) is 17.4. The van der Waals surface area contributed by atoms with Crippen molar-refractivity contribution in [3.05, 3.63) is 118 Å². The summed E-state index contributed by atoms with van der Waals surface area (Å²) < 4.78 is 3.09. The molecule has 10 heteroatoms. The number of hydrogen-bond donors (Lipinski definition) is 2. The zero-order valence-electron chi connectivity index (χ0n) is 21.1. The van der Waals surface area contributed by atoms with Gasteiger partial charge in [0.15, 0.2) is 5.65 Å². The normalized spacial score (nSPS) is 11.7. The highest BCUT2D eigenvalue weighted by atomic mass is 16.2. The van der Waals surface area contributed by atoms with Gasteiger partial charge in [-0.1, -0.05) is 30.2 Å². The van der Waals surface area contributed by atoms with E-state index in [1.54, 1.807) is 67.3 Å². The van der Waals surface area contributed by atoms with Crippen molar-refractivity contribution in [2.24, 2.45) is 0 Å². The van der Waals surface area contributed by atoms with Crippen LogP contribution >= 0.6 is 0 Å². The second-order valence-corrected chi connectivity index (χ2v) is 8.91. The van der Waals surface area contributed by atoms with E-state index in [4.69, 9.17) is 4.98 Å². The van der Waals surface area contributed by atoms with E-state index in [0.717, 1.165) is 0 Å². The number of hydrogen-bond acceptors (Lipinski definition) is 6. The minimum atomic E-state index is -0.632. The summed E-state index contributed by atoms with van der Waals surface area (Å²) in [6.45, 7) is 3.55. The van der Waals surface area contributed by atoms with Crippen LogP contribution in [0.15, 0.2) is 84.0 Å². The van der Waals surface area contributed by atoms with Gasteiger partial charge in [-0.2, -0.15) is 10.2 Å². The van der Waals surface area contributed by atoms with E-state index in [1.807, 2.05) is 30.3 Å². The second-order valence-electron chi connectivity index (χ2n) is 8.91. The summed E-state index contributed by atoms with van der Waals surface area (Å²) in [5.74, 6) is 6.10. The van der Waals surface area contributed by atoms with Gasteiger partial charge in [0, 0.05) is 24.2 Å². The molecule has 10 nitrogen and oxygen atoms in total. The van der Waals surface area contributed by atoms with Crippen molar-refractivity contribution in [2.45, 2.75) is 19.9 Å². The van der Waals surface area contributed by atoms with Gasteiger partial charge in [-0.3, -0.25) is 19.3 Å². The van der Waals surface area contributed by atoms with Crippen LogP contribution in [0.5, 0.6) is 0 Å². The van der Waals surface area contributed by atoms with Crippen molar-refractivity contribution in [1.29, 1.82) is 0 Å². The van der Waals surface area contributed by atoms with Gasteiger partial charge in [-0.05, 0) is 56.2 Å². The van der Waals surface area contributed by atoms with Gasteiger partial charge in [0.1, 0.15) is 17.1 Å². The summed E-state index contributed by atoms with van der Waals surface area (Å²) >= 11 is 0. The fourth-order valence-electron chi connectivity index (χ4n) is 4.52. The predicted octanol–water partition coefficient (Wildman–Crippen LogP) is 3.35. The smallest absolute Gasteiger partial charge is 0.267 e. The topological polar surface area (TPSA) is 123 Å². The Balaban J connectivity index is 1.48. The Bertz CT molecular complexity index is 1960. The lowest BCUT2D eigenvalue weighted by Crippen LogP contribution is -2.33. The molecule has 0 unspecified atom stereocenters. The van der Waals surface area contributed by atoms with Crippen LogP contribution in [0.1, 0.15) is 46.1 Å². The average molecular weight is 515 g/mol. The van der Waals surface area contributed by atoms with Gasteiger partial charge in [0.25, 0.3) is 11.5 Å². The standard InChI is InChI=1S/C29H22N8O2/c1-18-24(27-30-15-7-17-36(27)35-18)28(38)32-19(2)26-33-23-11-6-8-20(12-13-21-14-16-31-34-21)25(23)29(39)37(26)22-9-4-3-5-10-22/h3-11,14-17,19H,1-2H3,(H,31,34)(H,32,38)/t19-/m0/s1. The van der Waals surface area contributed by atoms with E-state index < -0.39 is 6.04 Å². The Hall–Kier alpha value is -5.56. The molecule has 0 saturated heterocycles. The highest BCUT2D eigenvalue weighted by molar-refractivity contribution is 6.01. The minimum absolute atomic E-state index is 0.286. The number of rotatable bonds is 4. The molecule has 4 aromatic heterocycles. The Morgan fingerprint density at radius 2 is 1.87 bits per heavy atom. The van der Waals surface area contributed by atoms with Gasteiger partial charge in [0.05, 0.1) is 28.3 Å². The van der Waals surface area contributed by atoms with Gasteiger partial charge >= 0.3 is 0 Å². The van der Waals surface area contributed by atoms with E-state index in [0.29, 0.717) is 50.6 Å². The number of benzene rings is 2. The number of nitrogens with one attached hydrogen (secondary N) is 2. The van der Waals surface area contributed by atoms with Crippen molar-refractivity contribution < 1.29 is 4.79 Å². The molecule has 0 fully saturated rings. The lowest BCUT2D eigenvalue weighted by Gasteiger charge is -2.20. The van der Waals surface area contributed by atoms with Crippen LogP contribution in [0, 0.1) is 18.8 Å². The third-order valence-electron chi connectivity index (χ3n) is 6.30. The molecule has 39 heavy (non-hydrogen) atoms. The highest BCUT2D eigenvalue weighted by Crippen LogP contribution is 2.21. The van der Waals surface area contributed by atoms with E-state index in [2.05, 4.69) is 37.4 Å². The number of carbonyl (C=O) groups excluding carboxylic acids is 1. The number of aromatic amines is 1. The molecular weight excluding hydrogens is 492 g/mol. The largest absolute Gasteiger partial charge is 0.342 e. The number of fused-ring (bicyclic) bond motifs is 2. The molecule has 0 saturated carbocycles. The molecule has 0 aliphatic heterocycles. The van der Waals surface area contributed by atoms with Crippen molar-refractivity contribution in [1.82, 2.24) is 39.7 Å². The fraction of sp³-hybridized carbons (Fsp3) is 0.103. The molecule has 2 N–H and O–H groups in total. The zero-order valence-corrected chi connectivity index (χ0v) is 21.1. The lowest BCUT2D eigenvalue weighted by atomic mass is 10.1. The first-order valence-corrected chi connectivity index (χ1v) is 12.2. The summed E-state index contributed by atoms with van der Waals surface area (Å²) in [4.78, 5) is 36.7. The van der Waals surface area contributed by atoms with Crippen molar-refractivity contribution in [3.63, 3.8) is 0 Å². The van der Waals surface area contributed by atoms with Gasteiger partial charge in [0.2, 0.25) is 0 Å². The van der Waals surface area contributed by atoms with Crippen molar-refractivity contribution in [3.8, 4) is 17.5 Å². The molecule has 0 aliphatic carbocycles. The summed E-state index contributed by atoms with van der Waals surface area (Å²) in [6.07, 6.45) is 4.96. The van der Waals surface area contributed by atoms with Crippen LogP contribution in [0.3, 0.4) is 0 Å². The molecule has 0 aliphatic rings. The highest BCUT2D eigenvalue weighted by Gasteiger charge is 2.24. The first-order valence-electron chi connectivity index (χ1n) is 12.2. The number of nitrogens with zero attached hydrogens (tertiary/aromatic N) is 6. The Kier molecular flexibility index (Phi) is 5.93. The molecule has 1 atom stereocenters. The van der Waals surface area contributed by atoms with E-state index in [9.17, 15) is 9.59 Å². The second kappa shape index (κ2) is 9.72. The van der Waals surface area contributed by atoms with Crippen LogP contribution in [0.2, 0.25) is 0 Å². The van der Waals surface area contributed by atoms with Crippen LogP contribution < -0.4 is 10.9 Å². The van der Waals surface area contributed by atoms with Gasteiger partial charge < -0.3 is 5.32 Å². The van der Waals surface area contributed by atoms with E-state index in [-0.39, 0.29) is 11.5 Å². The molecule has 4 heterocycles. The minimum Gasteiger partial charge on any atom is -0.342 e. The Morgan fingerprint density at radius 1 is 1.03 bits per heavy atom. The number of aryl methyl sites for hydroxylation is 1. The third kappa shape index (κ3) is 4.32. The number of aromatic nitrogens is 7.